The number of rotatable bonds is 5. The van der Waals surface area contributed by atoms with E-state index in [1.807, 2.05) is 0 Å². The molecule has 1 aromatic rings. The molecule has 20 heavy (non-hydrogen) atoms. The highest BCUT2D eigenvalue weighted by atomic mass is 19.1. The Morgan fingerprint density at radius 1 is 1.50 bits per heavy atom. The van der Waals surface area contributed by atoms with Gasteiger partial charge < -0.3 is 9.80 Å². The Kier molecular flexibility index (Phi) is 4.16. The first-order valence-electron chi connectivity index (χ1n) is 6.42. The second-order valence-electron chi connectivity index (χ2n) is 4.80. The van der Waals surface area contributed by atoms with Gasteiger partial charge in [0.2, 0.25) is 5.91 Å². The van der Waals surface area contributed by atoms with Gasteiger partial charge in [-0.15, -0.1) is 0 Å². The van der Waals surface area contributed by atoms with E-state index in [1.54, 1.807) is 16.8 Å². The number of hydrogen-bond acceptors (Lipinski definition) is 4. The van der Waals surface area contributed by atoms with Crippen LogP contribution in [-0.2, 0) is 4.79 Å². The summed E-state index contributed by atoms with van der Waals surface area (Å²) in [5, 5.41) is 10.6. The van der Waals surface area contributed by atoms with Crippen LogP contribution in [0.15, 0.2) is 18.2 Å². The summed E-state index contributed by atoms with van der Waals surface area (Å²) in [4.78, 5) is 24.8. The number of benzene rings is 1. The normalized spacial score (nSPS) is 14.7. The predicted octanol–water partition coefficient (Wildman–Crippen LogP) is 1.79. The first-order valence-corrected chi connectivity index (χ1v) is 6.42. The minimum atomic E-state index is -0.630. The monoisotopic (exact) mass is 281 g/mol. The van der Waals surface area contributed by atoms with Crippen LogP contribution in [-0.4, -0.2) is 42.4 Å². The molecule has 1 heterocycles. The average molecular weight is 281 g/mol. The van der Waals surface area contributed by atoms with Gasteiger partial charge in [0, 0.05) is 39.2 Å². The Balaban J connectivity index is 2.00. The van der Waals surface area contributed by atoms with E-state index in [9.17, 15) is 19.3 Å². The summed E-state index contributed by atoms with van der Waals surface area (Å²) in [6.45, 7) is 1.77. The molecule has 0 saturated carbocycles. The second-order valence-corrected chi connectivity index (χ2v) is 4.80. The molecule has 0 N–H and O–H groups in total. The van der Waals surface area contributed by atoms with Gasteiger partial charge in [-0.05, 0) is 12.5 Å². The highest BCUT2D eigenvalue weighted by molar-refractivity contribution is 5.78. The maximum Gasteiger partial charge on any atom is 0.272 e. The minimum absolute atomic E-state index is 0.127. The number of anilines is 1. The second kappa shape index (κ2) is 5.85. The zero-order valence-electron chi connectivity index (χ0n) is 11.2. The molecule has 0 atom stereocenters. The van der Waals surface area contributed by atoms with Gasteiger partial charge in [-0.3, -0.25) is 14.9 Å². The number of carbonyl (C=O) groups is 1. The first-order chi connectivity index (χ1) is 9.49. The van der Waals surface area contributed by atoms with E-state index < -0.39 is 10.7 Å². The van der Waals surface area contributed by atoms with Crippen LogP contribution in [0.5, 0.6) is 0 Å². The number of halogens is 1. The molecule has 0 bridgehead atoms. The molecule has 6 nitrogen and oxygen atoms in total. The summed E-state index contributed by atoms with van der Waals surface area (Å²) in [5.74, 6) is -0.503. The highest BCUT2D eigenvalue weighted by Crippen LogP contribution is 2.23. The van der Waals surface area contributed by atoms with Crippen molar-refractivity contribution in [1.29, 1.82) is 0 Å². The molecule has 1 saturated heterocycles. The lowest BCUT2D eigenvalue weighted by Gasteiger charge is -2.23. The number of carbonyl (C=O) groups excluding carboxylic acids is 1. The Morgan fingerprint density at radius 3 is 2.80 bits per heavy atom. The largest absolute Gasteiger partial charge is 0.370 e. The van der Waals surface area contributed by atoms with Gasteiger partial charge >= 0.3 is 0 Å². The molecule has 0 radical (unpaired) electrons. The molecule has 1 aliphatic rings. The number of nitro benzene ring substituents is 1. The van der Waals surface area contributed by atoms with E-state index in [0.29, 0.717) is 25.2 Å². The maximum atomic E-state index is 13.8. The molecule has 108 valence electrons. The van der Waals surface area contributed by atoms with Crippen LogP contribution in [0, 0.1) is 15.9 Å². The molecule has 1 aliphatic heterocycles. The Hall–Kier alpha value is -2.18. The van der Waals surface area contributed by atoms with Gasteiger partial charge in [-0.2, -0.15) is 0 Å². The van der Waals surface area contributed by atoms with E-state index in [2.05, 4.69) is 0 Å². The van der Waals surface area contributed by atoms with Gasteiger partial charge in [-0.1, -0.05) is 0 Å². The van der Waals surface area contributed by atoms with Crippen molar-refractivity contribution < 1.29 is 14.1 Å². The molecule has 0 spiro atoms. The van der Waals surface area contributed by atoms with Crippen LogP contribution in [0.25, 0.3) is 0 Å². The van der Waals surface area contributed by atoms with Gasteiger partial charge in [0.25, 0.3) is 5.69 Å². The van der Waals surface area contributed by atoms with Crippen molar-refractivity contribution >= 4 is 17.3 Å². The van der Waals surface area contributed by atoms with Crippen LogP contribution < -0.4 is 4.90 Å². The highest BCUT2D eigenvalue weighted by Gasteiger charge is 2.20. The lowest BCUT2D eigenvalue weighted by Crippen LogP contribution is -2.34. The van der Waals surface area contributed by atoms with Gasteiger partial charge in [0.15, 0.2) is 5.82 Å². The average Bonchev–Trinajstić information content (AvgIpc) is 2.81. The fourth-order valence-electron chi connectivity index (χ4n) is 2.25. The molecule has 1 amide bonds. The number of nitrogens with zero attached hydrogens (tertiary/aromatic N) is 3. The van der Waals surface area contributed by atoms with Crippen molar-refractivity contribution in [2.24, 2.45) is 0 Å². The molecular weight excluding hydrogens is 265 g/mol. The van der Waals surface area contributed by atoms with Gasteiger partial charge in [-0.25, -0.2) is 4.39 Å². The number of amides is 1. The predicted molar refractivity (Wildman–Crippen MR) is 72.1 cm³/mol. The van der Waals surface area contributed by atoms with Crippen LogP contribution in [0.3, 0.4) is 0 Å². The van der Waals surface area contributed by atoms with Crippen molar-refractivity contribution in [3.8, 4) is 0 Å². The summed E-state index contributed by atoms with van der Waals surface area (Å²) in [6.07, 6.45) is 1.45. The molecule has 0 aromatic heterocycles. The lowest BCUT2D eigenvalue weighted by molar-refractivity contribution is -0.385. The van der Waals surface area contributed by atoms with E-state index in [0.717, 1.165) is 19.0 Å². The van der Waals surface area contributed by atoms with Gasteiger partial charge in [0.1, 0.15) is 0 Å². The standard InChI is InChI=1S/C13H16FN3O3/c1-15(7-8-16-6-2-3-13(16)18)12-5-4-10(17(19)20)9-11(12)14/h4-5,9H,2-3,6-8H2,1H3. The van der Waals surface area contributed by atoms with Crippen LogP contribution in [0.1, 0.15) is 12.8 Å². The van der Waals surface area contributed by atoms with Crippen molar-refractivity contribution in [3.05, 3.63) is 34.1 Å². The number of likely N-dealkylation sites (N-methyl/N-ethyl adjacent to an activating group) is 1. The third kappa shape index (κ3) is 3.04. The minimum Gasteiger partial charge on any atom is -0.370 e. The van der Waals surface area contributed by atoms with E-state index in [4.69, 9.17) is 0 Å². The fraction of sp³-hybridized carbons (Fsp3) is 0.462. The van der Waals surface area contributed by atoms with E-state index >= 15 is 0 Å². The topological polar surface area (TPSA) is 66.7 Å². The lowest BCUT2D eigenvalue weighted by atomic mass is 10.2. The molecule has 0 aliphatic carbocycles. The summed E-state index contributed by atoms with van der Waals surface area (Å²) < 4.78 is 13.8. The summed E-state index contributed by atoms with van der Waals surface area (Å²) >= 11 is 0. The first kappa shape index (κ1) is 14.2. The van der Waals surface area contributed by atoms with Crippen LogP contribution in [0.2, 0.25) is 0 Å². The smallest absolute Gasteiger partial charge is 0.272 e. The number of non-ortho nitro benzene ring substituents is 1. The van der Waals surface area contributed by atoms with Crippen molar-refractivity contribution in [2.75, 3.05) is 31.6 Å². The van der Waals surface area contributed by atoms with Crippen LogP contribution >= 0.6 is 0 Å². The zero-order chi connectivity index (χ0) is 14.7. The Morgan fingerprint density at radius 2 is 2.25 bits per heavy atom. The third-order valence-corrected chi connectivity index (χ3v) is 3.43. The van der Waals surface area contributed by atoms with Crippen molar-refractivity contribution in [2.45, 2.75) is 12.8 Å². The Labute approximate surface area is 115 Å². The molecule has 0 unspecified atom stereocenters. The third-order valence-electron chi connectivity index (χ3n) is 3.43. The zero-order valence-corrected chi connectivity index (χ0v) is 11.2. The number of likely N-dealkylation sites (tertiary alicyclic amines) is 1. The number of nitro groups is 1. The summed E-state index contributed by atoms with van der Waals surface area (Å²) in [7, 11) is 1.70. The molecule has 2 rings (SSSR count). The Bertz CT molecular complexity index is 536. The van der Waals surface area contributed by atoms with Gasteiger partial charge in [0.05, 0.1) is 16.7 Å². The van der Waals surface area contributed by atoms with Crippen molar-refractivity contribution in [3.63, 3.8) is 0 Å². The van der Waals surface area contributed by atoms with E-state index in [1.165, 1.54) is 12.1 Å². The quantitative estimate of drug-likeness (QED) is 0.609. The van der Waals surface area contributed by atoms with Crippen LogP contribution in [0.4, 0.5) is 15.8 Å². The molecule has 1 aromatic carbocycles. The van der Waals surface area contributed by atoms with E-state index in [-0.39, 0.29) is 11.6 Å². The summed E-state index contributed by atoms with van der Waals surface area (Å²) in [6, 6.07) is 3.57. The molecule has 7 heteroatoms. The maximum absolute atomic E-state index is 13.8. The summed E-state index contributed by atoms with van der Waals surface area (Å²) in [5.41, 5.74) is 0.0246. The molecule has 1 fully saturated rings. The molecular formula is C13H16FN3O3. The number of hydrogen-bond donors (Lipinski definition) is 0. The fourth-order valence-corrected chi connectivity index (χ4v) is 2.25. The SMILES string of the molecule is CN(CCN1CCCC1=O)c1ccc([N+](=O)[O-])cc1F. The van der Waals surface area contributed by atoms with Crippen molar-refractivity contribution in [1.82, 2.24) is 4.90 Å².